The maximum Gasteiger partial charge on any atom is 0.281 e. The number of nitrogens with zero attached hydrogens (tertiary/aromatic N) is 4. The van der Waals surface area contributed by atoms with E-state index in [0.29, 0.717) is 28.9 Å². The van der Waals surface area contributed by atoms with Crippen molar-refractivity contribution in [3.8, 4) is 11.4 Å². The topological polar surface area (TPSA) is 72.7 Å². The number of benzene rings is 2. The van der Waals surface area contributed by atoms with Crippen molar-refractivity contribution in [3.05, 3.63) is 95.3 Å². The maximum atomic E-state index is 13.0. The van der Waals surface area contributed by atoms with Gasteiger partial charge in [-0.3, -0.25) is 9.78 Å². The number of carbonyl (C=O) groups is 1. The Bertz CT molecular complexity index is 1080. The predicted octanol–water partition coefficient (Wildman–Crippen LogP) is 4.29. The van der Waals surface area contributed by atoms with Gasteiger partial charge in [0.1, 0.15) is 0 Å². The Balaban J connectivity index is 1.69. The molecule has 0 atom stereocenters. The van der Waals surface area contributed by atoms with Crippen LogP contribution in [0.5, 0.6) is 0 Å². The third-order valence-corrected chi connectivity index (χ3v) is 4.37. The molecule has 0 radical (unpaired) electrons. The molecule has 6 nitrogen and oxygen atoms in total. The van der Waals surface area contributed by atoms with Crippen LogP contribution in [0.25, 0.3) is 11.4 Å². The normalized spacial score (nSPS) is 10.6. The third-order valence-electron chi connectivity index (χ3n) is 4.12. The zero-order chi connectivity index (χ0) is 19.3. The van der Waals surface area contributed by atoms with Gasteiger partial charge in [-0.2, -0.15) is 9.67 Å². The van der Waals surface area contributed by atoms with Gasteiger partial charge in [0.15, 0.2) is 5.82 Å². The van der Waals surface area contributed by atoms with E-state index in [-0.39, 0.29) is 5.91 Å². The molecule has 0 aliphatic carbocycles. The summed E-state index contributed by atoms with van der Waals surface area (Å²) in [6.45, 7) is 0.517. The molecular weight excluding hydrogens is 374 g/mol. The van der Waals surface area contributed by atoms with Crippen molar-refractivity contribution in [2.24, 2.45) is 0 Å². The molecule has 0 fully saturated rings. The molecule has 7 heteroatoms. The van der Waals surface area contributed by atoms with Crippen molar-refractivity contribution in [2.75, 3.05) is 5.32 Å². The molecule has 0 aliphatic rings. The standard InChI is InChI=1S/C21H16ClN5O/c22-18-8-6-17(7-9-18)20(28)27-21(24-14-15-4-2-1-3-5-15)25-19(26-27)16-10-12-23-13-11-16/h1-13H,14H2,(H,24,25,26). The van der Waals surface area contributed by atoms with Gasteiger partial charge in [0.2, 0.25) is 5.95 Å². The Morgan fingerprint density at radius 1 is 0.964 bits per heavy atom. The van der Waals surface area contributed by atoms with E-state index in [1.165, 1.54) is 4.68 Å². The lowest BCUT2D eigenvalue weighted by molar-refractivity contribution is 0.0947. The highest BCUT2D eigenvalue weighted by Gasteiger charge is 2.18. The molecule has 0 spiro atoms. The van der Waals surface area contributed by atoms with Gasteiger partial charge in [-0.1, -0.05) is 41.9 Å². The van der Waals surface area contributed by atoms with Gasteiger partial charge < -0.3 is 5.32 Å². The van der Waals surface area contributed by atoms with Crippen LogP contribution >= 0.6 is 11.6 Å². The van der Waals surface area contributed by atoms with Gasteiger partial charge >= 0.3 is 0 Å². The van der Waals surface area contributed by atoms with Crippen molar-refractivity contribution >= 4 is 23.5 Å². The third kappa shape index (κ3) is 3.92. The molecule has 0 bridgehead atoms. The molecule has 138 valence electrons. The first-order valence-corrected chi connectivity index (χ1v) is 9.04. The minimum Gasteiger partial charge on any atom is -0.350 e. The zero-order valence-electron chi connectivity index (χ0n) is 14.8. The summed E-state index contributed by atoms with van der Waals surface area (Å²) in [4.78, 5) is 21.5. The fourth-order valence-corrected chi connectivity index (χ4v) is 2.81. The van der Waals surface area contributed by atoms with Crippen molar-refractivity contribution in [3.63, 3.8) is 0 Å². The molecular formula is C21H16ClN5O. The molecule has 4 rings (SSSR count). The molecule has 4 aromatic rings. The molecule has 0 amide bonds. The van der Waals surface area contributed by atoms with Gasteiger partial charge in [-0.05, 0) is 42.0 Å². The average molecular weight is 390 g/mol. The van der Waals surface area contributed by atoms with Crippen molar-refractivity contribution in [2.45, 2.75) is 6.54 Å². The Morgan fingerprint density at radius 2 is 1.68 bits per heavy atom. The van der Waals surface area contributed by atoms with E-state index in [4.69, 9.17) is 11.6 Å². The van der Waals surface area contributed by atoms with E-state index in [0.717, 1.165) is 11.1 Å². The maximum absolute atomic E-state index is 13.0. The minimum absolute atomic E-state index is 0.292. The first-order valence-electron chi connectivity index (χ1n) is 8.66. The van der Waals surface area contributed by atoms with E-state index in [2.05, 4.69) is 20.4 Å². The summed E-state index contributed by atoms with van der Waals surface area (Å²) in [5, 5.41) is 8.20. The molecule has 2 aromatic carbocycles. The van der Waals surface area contributed by atoms with Gasteiger partial charge in [0, 0.05) is 35.1 Å². The lowest BCUT2D eigenvalue weighted by atomic mass is 10.2. The number of carbonyl (C=O) groups excluding carboxylic acids is 1. The molecule has 28 heavy (non-hydrogen) atoms. The summed E-state index contributed by atoms with van der Waals surface area (Å²) in [7, 11) is 0. The fraction of sp³-hybridized carbons (Fsp3) is 0.0476. The highest BCUT2D eigenvalue weighted by molar-refractivity contribution is 6.30. The number of aromatic nitrogens is 4. The van der Waals surface area contributed by atoms with Crippen LogP contribution in [0.1, 0.15) is 15.9 Å². The summed E-state index contributed by atoms with van der Waals surface area (Å²) >= 11 is 5.93. The number of hydrogen-bond acceptors (Lipinski definition) is 5. The molecule has 2 aromatic heterocycles. The molecule has 0 aliphatic heterocycles. The second-order valence-corrected chi connectivity index (χ2v) is 6.49. The number of halogens is 1. The van der Waals surface area contributed by atoms with Crippen LogP contribution in [0.3, 0.4) is 0 Å². The first kappa shape index (κ1) is 17.9. The van der Waals surface area contributed by atoms with Crippen LogP contribution in [0.4, 0.5) is 5.95 Å². The average Bonchev–Trinajstić information content (AvgIpc) is 3.18. The lowest BCUT2D eigenvalue weighted by Gasteiger charge is -2.07. The van der Waals surface area contributed by atoms with Gasteiger partial charge in [-0.15, -0.1) is 5.10 Å². The summed E-state index contributed by atoms with van der Waals surface area (Å²) in [6, 6.07) is 20.2. The van der Waals surface area contributed by atoms with Crippen molar-refractivity contribution in [1.29, 1.82) is 0 Å². The highest BCUT2D eigenvalue weighted by atomic mass is 35.5. The summed E-state index contributed by atoms with van der Waals surface area (Å²) in [5.74, 6) is 0.524. The molecule has 2 heterocycles. The van der Waals surface area contributed by atoms with E-state index in [9.17, 15) is 4.79 Å². The molecule has 0 saturated heterocycles. The van der Waals surface area contributed by atoms with Gasteiger partial charge in [-0.25, -0.2) is 0 Å². The fourth-order valence-electron chi connectivity index (χ4n) is 2.68. The van der Waals surface area contributed by atoms with Crippen LogP contribution in [-0.4, -0.2) is 25.7 Å². The summed E-state index contributed by atoms with van der Waals surface area (Å²) < 4.78 is 1.28. The van der Waals surface area contributed by atoms with Gasteiger partial charge in [0.25, 0.3) is 5.91 Å². The van der Waals surface area contributed by atoms with Crippen molar-refractivity contribution < 1.29 is 4.79 Å². The molecule has 0 saturated carbocycles. The van der Waals surface area contributed by atoms with Crippen LogP contribution in [0, 0.1) is 0 Å². The number of rotatable bonds is 5. The second-order valence-electron chi connectivity index (χ2n) is 6.06. The quantitative estimate of drug-likeness (QED) is 0.551. The lowest BCUT2D eigenvalue weighted by Crippen LogP contribution is -2.17. The van der Waals surface area contributed by atoms with E-state index >= 15 is 0 Å². The Hall–Kier alpha value is -3.51. The van der Waals surface area contributed by atoms with Crippen molar-refractivity contribution in [1.82, 2.24) is 19.7 Å². The molecule has 1 N–H and O–H groups in total. The number of anilines is 1. The zero-order valence-corrected chi connectivity index (χ0v) is 15.5. The predicted molar refractivity (Wildman–Crippen MR) is 108 cm³/mol. The summed E-state index contributed by atoms with van der Waals surface area (Å²) in [5.41, 5.74) is 2.32. The number of hydrogen-bond donors (Lipinski definition) is 1. The Kier molecular flexibility index (Phi) is 5.12. The van der Waals surface area contributed by atoms with E-state index in [1.807, 2.05) is 30.3 Å². The monoisotopic (exact) mass is 389 g/mol. The number of pyridine rings is 1. The van der Waals surface area contributed by atoms with Crippen LogP contribution in [0.15, 0.2) is 79.1 Å². The van der Waals surface area contributed by atoms with Crippen LogP contribution < -0.4 is 5.32 Å². The Labute approximate surface area is 166 Å². The smallest absolute Gasteiger partial charge is 0.281 e. The van der Waals surface area contributed by atoms with Gasteiger partial charge in [0.05, 0.1) is 0 Å². The highest BCUT2D eigenvalue weighted by Crippen LogP contribution is 2.19. The SMILES string of the molecule is O=C(c1ccc(Cl)cc1)n1nc(-c2ccncc2)nc1NCc1ccccc1. The molecule has 0 unspecified atom stereocenters. The Morgan fingerprint density at radius 3 is 2.39 bits per heavy atom. The number of nitrogens with one attached hydrogen (secondary N) is 1. The van der Waals surface area contributed by atoms with Crippen LogP contribution in [-0.2, 0) is 6.54 Å². The second kappa shape index (κ2) is 8.02. The van der Waals surface area contributed by atoms with E-state index < -0.39 is 0 Å². The first-order chi connectivity index (χ1) is 13.7. The minimum atomic E-state index is -0.292. The van der Waals surface area contributed by atoms with Crippen LogP contribution in [0.2, 0.25) is 5.02 Å². The van der Waals surface area contributed by atoms with E-state index in [1.54, 1.807) is 48.8 Å². The summed E-state index contributed by atoms with van der Waals surface area (Å²) in [6.07, 6.45) is 3.32. The largest absolute Gasteiger partial charge is 0.350 e.